The highest BCUT2D eigenvalue weighted by Gasteiger charge is 2.18. The van der Waals surface area contributed by atoms with Crippen molar-refractivity contribution in [2.45, 2.75) is 32.9 Å². The van der Waals surface area contributed by atoms with Gasteiger partial charge >= 0.3 is 0 Å². The molecular formula is C23H24INOSi. The lowest BCUT2D eigenvalue weighted by Gasteiger charge is -2.17. The lowest BCUT2D eigenvalue weighted by molar-refractivity contribution is 0.658. The predicted molar refractivity (Wildman–Crippen MR) is 129 cm³/mol. The van der Waals surface area contributed by atoms with Gasteiger partial charge in [-0.1, -0.05) is 74.6 Å². The van der Waals surface area contributed by atoms with E-state index >= 15 is 0 Å². The summed E-state index contributed by atoms with van der Waals surface area (Å²) in [5.41, 5.74) is 5.50. The van der Waals surface area contributed by atoms with Crippen LogP contribution in [0.5, 0.6) is 0 Å². The van der Waals surface area contributed by atoms with Gasteiger partial charge in [-0.25, -0.2) is 0 Å². The fourth-order valence-corrected chi connectivity index (χ4v) is 5.23. The maximum atomic E-state index is 6.44. The first-order valence-corrected chi connectivity index (χ1v) is 13.3. The van der Waals surface area contributed by atoms with Gasteiger partial charge in [0.2, 0.25) is 0 Å². The molecule has 0 N–H and O–H groups in total. The number of hydrogen-bond donors (Lipinski definition) is 0. The number of benzene rings is 3. The second-order valence-corrected chi connectivity index (χ2v) is 11.6. The number of hydrogen-bond acceptors (Lipinski definition) is 2. The van der Waals surface area contributed by atoms with Crippen LogP contribution in [0.2, 0.25) is 13.1 Å². The number of halogens is 1. The van der Waals surface area contributed by atoms with Gasteiger partial charge in [0.05, 0.1) is 43.0 Å². The maximum absolute atomic E-state index is 6.44. The summed E-state index contributed by atoms with van der Waals surface area (Å²) in [5.74, 6) is 0.432. The van der Waals surface area contributed by atoms with Gasteiger partial charge in [0, 0.05) is 10.8 Å². The SMILES string of the molecule is CC(C)c1cccc2c1oc1c(N(I)c3ccc([SiH](C)C)cc3)cccc12. The lowest BCUT2D eigenvalue weighted by atomic mass is 10.0. The van der Waals surface area contributed by atoms with Crippen molar-refractivity contribution in [2.24, 2.45) is 0 Å². The molecule has 0 aliphatic heterocycles. The Hall–Kier alpha value is -1.79. The first-order valence-electron chi connectivity index (χ1n) is 9.47. The smallest absolute Gasteiger partial charge is 0.159 e. The first-order chi connectivity index (χ1) is 13.0. The number of nitrogens with zero attached hydrogens (tertiary/aromatic N) is 1. The molecule has 3 aromatic carbocycles. The van der Waals surface area contributed by atoms with Gasteiger partial charge in [0.15, 0.2) is 5.58 Å². The molecule has 0 fully saturated rings. The highest BCUT2D eigenvalue weighted by molar-refractivity contribution is 14.1. The number of furan rings is 1. The normalized spacial score (nSPS) is 11.8. The quantitative estimate of drug-likeness (QED) is 0.178. The van der Waals surface area contributed by atoms with E-state index in [-0.39, 0.29) is 0 Å². The van der Waals surface area contributed by atoms with Crippen LogP contribution in [-0.4, -0.2) is 8.80 Å². The maximum Gasteiger partial charge on any atom is 0.159 e. The van der Waals surface area contributed by atoms with Gasteiger partial charge in [-0.3, -0.25) is 3.11 Å². The van der Waals surface area contributed by atoms with Crippen molar-refractivity contribution >= 4 is 70.2 Å². The van der Waals surface area contributed by atoms with Gasteiger partial charge < -0.3 is 4.42 Å². The fraction of sp³-hybridized carbons (Fsp3) is 0.217. The minimum absolute atomic E-state index is 0.432. The zero-order chi connectivity index (χ0) is 19.1. The highest BCUT2D eigenvalue weighted by Crippen LogP contribution is 2.41. The van der Waals surface area contributed by atoms with Crippen molar-refractivity contribution in [1.29, 1.82) is 0 Å². The molecule has 1 aromatic heterocycles. The summed E-state index contributed by atoms with van der Waals surface area (Å²) < 4.78 is 8.64. The molecule has 1 heterocycles. The van der Waals surface area contributed by atoms with E-state index in [1.807, 2.05) is 0 Å². The summed E-state index contributed by atoms with van der Waals surface area (Å²) in [6.07, 6.45) is 0. The van der Waals surface area contributed by atoms with E-state index in [2.05, 4.69) is 114 Å². The average molecular weight is 485 g/mol. The van der Waals surface area contributed by atoms with Crippen molar-refractivity contribution in [3.05, 3.63) is 66.2 Å². The molecule has 4 rings (SSSR count). The van der Waals surface area contributed by atoms with Gasteiger partial charge in [0.25, 0.3) is 0 Å². The topological polar surface area (TPSA) is 16.4 Å². The van der Waals surface area contributed by atoms with E-state index in [0.29, 0.717) is 5.92 Å². The number of fused-ring (bicyclic) bond motifs is 3. The van der Waals surface area contributed by atoms with Crippen LogP contribution in [0.1, 0.15) is 25.3 Å². The van der Waals surface area contributed by atoms with E-state index in [1.165, 1.54) is 27.2 Å². The molecule has 138 valence electrons. The van der Waals surface area contributed by atoms with Crippen LogP contribution < -0.4 is 8.30 Å². The van der Waals surface area contributed by atoms with Gasteiger partial charge in [-0.2, -0.15) is 0 Å². The summed E-state index contributed by atoms with van der Waals surface area (Å²) in [4.78, 5) is 0. The minimum atomic E-state index is -0.770. The van der Waals surface area contributed by atoms with Gasteiger partial charge in [0.1, 0.15) is 5.58 Å². The standard InChI is InChI=1S/C23H24INOSi/c1-15(2)18-7-5-8-19-20-9-6-10-21(23(20)26-22(18)19)25(24)16-11-13-17(14-12-16)27(3)4/h5-15,27H,1-4H3. The molecule has 0 aliphatic rings. The van der Waals surface area contributed by atoms with Crippen molar-refractivity contribution < 1.29 is 4.42 Å². The second kappa shape index (κ2) is 7.32. The Bertz CT molecular complexity index is 1100. The molecule has 27 heavy (non-hydrogen) atoms. The summed E-state index contributed by atoms with van der Waals surface area (Å²) >= 11 is 2.38. The molecule has 0 spiro atoms. The first kappa shape index (κ1) is 18.6. The van der Waals surface area contributed by atoms with Gasteiger partial charge in [-0.15, -0.1) is 0 Å². The zero-order valence-corrected chi connectivity index (χ0v) is 19.5. The molecule has 0 amide bonds. The van der Waals surface area contributed by atoms with Crippen molar-refractivity contribution in [1.82, 2.24) is 0 Å². The van der Waals surface area contributed by atoms with Crippen LogP contribution in [0.3, 0.4) is 0 Å². The molecule has 0 saturated heterocycles. The molecule has 0 bridgehead atoms. The molecule has 0 radical (unpaired) electrons. The molecule has 0 aliphatic carbocycles. The fourth-order valence-electron chi connectivity index (χ4n) is 3.57. The molecular weight excluding hydrogens is 461 g/mol. The summed E-state index contributed by atoms with van der Waals surface area (Å²) in [6, 6.07) is 21.9. The average Bonchev–Trinajstić information content (AvgIpc) is 3.06. The van der Waals surface area contributed by atoms with E-state index in [4.69, 9.17) is 4.42 Å². The van der Waals surface area contributed by atoms with Crippen molar-refractivity contribution in [2.75, 3.05) is 3.11 Å². The summed E-state index contributed by atoms with van der Waals surface area (Å²) in [5, 5.41) is 3.87. The Balaban J connectivity index is 1.86. The third kappa shape index (κ3) is 3.29. The van der Waals surface area contributed by atoms with E-state index in [0.717, 1.165) is 16.9 Å². The number of para-hydroxylation sites is 2. The van der Waals surface area contributed by atoms with E-state index in [1.54, 1.807) is 0 Å². The van der Waals surface area contributed by atoms with Crippen LogP contribution in [-0.2, 0) is 0 Å². The van der Waals surface area contributed by atoms with E-state index in [9.17, 15) is 0 Å². The Labute approximate surface area is 176 Å². The molecule has 4 heteroatoms. The van der Waals surface area contributed by atoms with Crippen LogP contribution in [0.15, 0.2) is 65.1 Å². The molecule has 4 aromatic rings. The Morgan fingerprint density at radius 3 is 2.11 bits per heavy atom. The Morgan fingerprint density at radius 2 is 1.48 bits per heavy atom. The Morgan fingerprint density at radius 1 is 0.852 bits per heavy atom. The van der Waals surface area contributed by atoms with Gasteiger partial charge in [-0.05, 0) is 29.7 Å². The van der Waals surface area contributed by atoms with E-state index < -0.39 is 8.80 Å². The van der Waals surface area contributed by atoms with Crippen LogP contribution in [0, 0.1) is 0 Å². The monoisotopic (exact) mass is 485 g/mol. The highest BCUT2D eigenvalue weighted by atomic mass is 127. The Kier molecular flexibility index (Phi) is 5.03. The zero-order valence-electron chi connectivity index (χ0n) is 16.2. The predicted octanol–water partition coefficient (Wildman–Crippen LogP) is 6.89. The third-order valence-electron chi connectivity index (χ3n) is 5.15. The van der Waals surface area contributed by atoms with Crippen LogP contribution in [0.25, 0.3) is 21.9 Å². The lowest BCUT2D eigenvalue weighted by Crippen LogP contribution is -2.22. The minimum Gasteiger partial charge on any atom is -0.454 e. The molecule has 0 atom stereocenters. The summed E-state index contributed by atoms with van der Waals surface area (Å²) in [7, 11) is -0.770. The van der Waals surface area contributed by atoms with Crippen LogP contribution >= 0.6 is 22.9 Å². The number of rotatable bonds is 4. The third-order valence-corrected chi connectivity index (χ3v) is 7.95. The molecule has 2 nitrogen and oxygen atoms in total. The summed E-state index contributed by atoms with van der Waals surface area (Å²) in [6.45, 7) is 9.15. The molecule has 0 unspecified atom stereocenters. The number of anilines is 2. The second-order valence-electron chi connectivity index (χ2n) is 7.66. The molecule has 0 saturated carbocycles. The van der Waals surface area contributed by atoms with Crippen molar-refractivity contribution in [3.63, 3.8) is 0 Å². The van der Waals surface area contributed by atoms with Crippen LogP contribution in [0.4, 0.5) is 11.4 Å². The largest absolute Gasteiger partial charge is 0.454 e. The van der Waals surface area contributed by atoms with Crippen molar-refractivity contribution in [3.8, 4) is 0 Å².